The van der Waals surface area contributed by atoms with Crippen LogP contribution in [0.15, 0.2) is 24.3 Å². The molecule has 0 aliphatic carbocycles. The molecule has 0 bridgehead atoms. The van der Waals surface area contributed by atoms with Gasteiger partial charge in [0.25, 0.3) is 0 Å². The zero-order chi connectivity index (χ0) is 8.27. The molecule has 0 aliphatic heterocycles. The molecule has 0 radical (unpaired) electrons. The van der Waals surface area contributed by atoms with Crippen molar-refractivity contribution in [3.8, 4) is 6.07 Å². The van der Waals surface area contributed by atoms with Crippen LogP contribution in [0.3, 0.4) is 0 Å². The third kappa shape index (κ3) is 1.78. The standard InChI is InChI=1S/C9H8FN/c1-7(6-11)8-2-4-9(10)5-3-8/h2-5,7H,1H3/t7-/m1/s1. The van der Waals surface area contributed by atoms with Gasteiger partial charge in [0.2, 0.25) is 0 Å². The minimum atomic E-state index is -0.265. The number of nitrogens with zero attached hydrogens (tertiary/aromatic N) is 1. The van der Waals surface area contributed by atoms with Crippen molar-refractivity contribution in [3.05, 3.63) is 35.6 Å². The summed E-state index contributed by atoms with van der Waals surface area (Å²) >= 11 is 0. The van der Waals surface area contributed by atoms with E-state index in [-0.39, 0.29) is 11.7 Å². The van der Waals surface area contributed by atoms with Crippen LogP contribution in [0, 0.1) is 17.1 Å². The van der Waals surface area contributed by atoms with E-state index >= 15 is 0 Å². The van der Waals surface area contributed by atoms with Crippen molar-refractivity contribution in [2.75, 3.05) is 0 Å². The third-order valence-electron chi connectivity index (χ3n) is 1.56. The van der Waals surface area contributed by atoms with Crippen LogP contribution < -0.4 is 0 Å². The van der Waals surface area contributed by atoms with E-state index in [1.807, 2.05) is 0 Å². The van der Waals surface area contributed by atoms with E-state index in [4.69, 9.17) is 5.26 Å². The van der Waals surface area contributed by atoms with Gasteiger partial charge in [-0.15, -0.1) is 0 Å². The molecule has 0 spiro atoms. The summed E-state index contributed by atoms with van der Waals surface area (Å²) < 4.78 is 12.4. The molecule has 0 aromatic heterocycles. The highest BCUT2D eigenvalue weighted by Crippen LogP contribution is 2.13. The van der Waals surface area contributed by atoms with Crippen molar-refractivity contribution in [1.82, 2.24) is 0 Å². The van der Waals surface area contributed by atoms with Gasteiger partial charge in [0.1, 0.15) is 5.82 Å². The summed E-state index contributed by atoms with van der Waals surface area (Å²) in [6, 6.07) is 8.06. The average Bonchev–Trinajstić information content (AvgIpc) is 2.05. The fraction of sp³-hybridized carbons (Fsp3) is 0.222. The lowest BCUT2D eigenvalue weighted by Gasteiger charge is -2.00. The first-order chi connectivity index (χ1) is 5.24. The van der Waals surface area contributed by atoms with Crippen LogP contribution >= 0.6 is 0 Å². The Balaban J connectivity index is 2.92. The summed E-state index contributed by atoms with van der Waals surface area (Å²) in [5, 5.41) is 8.51. The summed E-state index contributed by atoms with van der Waals surface area (Å²) in [5.74, 6) is -0.422. The Kier molecular flexibility index (Phi) is 2.22. The van der Waals surface area contributed by atoms with Crippen LogP contribution in [0.2, 0.25) is 0 Å². The SMILES string of the molecule is C[C@H](C#N)c1ccc(F)cc1. The van der Waals surface area contributed by atoms with Crippen molar-refractivity contribution >= 4 is 0 Å². The molecule has 0 N–H and O–H groups in total. The minimum absolute atomic E-state index is 0.157. The van der Waals surface area contributed by atoms with Gasteiger partial charge in [0.15, 0.2) is 0 Å². The van der Waals surface area contributed by atoms with Crippen molar-refractivity contribution in [2.45, 2.75) is 12.8 Å². The van der Waals surface area contributed by atoms with Crippen LogP contribution in [-0.4, -0.2) is 0 Å². The molecule has 11 heavy (non-hydrogen) atoms. The molecule has 0 aliphatic rings. The Morgan fingerprint density at radius 2 is 1.91 bits per heavy atom. The normalized spacial score (nSPS) is 12.1. The Morgan fingerprint density at radius 1 is 1.36 bits per heavy atom. The number of hydrogen-bond donors (Lipinski definition) is 0. The summed E-state index contributed by atoms with van der Waals surface area (Å²) in [6.07, 6.45) is 0. The molecule has 0 saturated heterocycles. The van der Waals surface area contributed by atoms with Gasteiger partial charge < -0.3 is 0 Å². The van der Waals surface area contributed by atoms with E-state index in [0.29, 0.717) is 0 Å². The molecule has 0 saturated carbocycles. The summed E-state index contributed by atoms with van der Waals surface area (Å²) in [5.41, 5.74) is 0.855. The van der Waals surface area contributed by atoms with Crippen LogP contribution in [0.4, 0.5) is 4.39 Å². The Hall–Kier alpha value is -1.36. The van der Waals surface area contributed by atoms with E-state index in [1.165, 1.54) is 12.1 Å². The lowest BCUT2D eigenvalue weighted by molar-refractivity contribution is 0.627. The van der Waals surface area contributed by atoms with Crippen molar-refractivity contribution in [2.24, 2.45) is 0 Å². The molecule has 2 heteroatoms. The Morgan fingerprint density at radius 3 is 2.36 bits per heavy atom. The van der Waals surface area contributed by atoms with E-state index < -0.39 is 0 Å². The molecule has 1 aromatic rings. The number of halogens is 1. The van der Waals surface area contributed by atoms with E-state index in [1.54, 1.807) is 19.1 Å². The van der Waals surface area contributed by atoms with Gasteiger partial charge >= 0.3 is 0 Å². The Bertz CT molecular complexity index is 271. The van der Waals surface area contributed by atoms with Gasteiger partial charge in [-0.3, -0.25) is 0 Å². The predicted molar refractivity (Wildman–Crippen MR) is 40.4 cm³/mol. The quantitative estimate of drug-likeness (QED) is 0.601. The van der Waals surface area contributed by atoms with Gasteiger partial charge in [-0.05, 0) is 24.6 Å². The molecule has 0 heterocycles. The lowest BCUT2D eigenvalue weighted by Crippen LogP contribution is -1.88. The maximum Gasteiger partial charge on any atom is 0.123 e. The fourth-order valence-electron chi connectivity index (χ4n) is 0.826. The molecule has 56 valence electrons. The Labute approximate surface area is 65.1 Å². The zero-order valence-electron chi connectivity index (χ0n) is 6.21. The number of benzene rings is 1. The topological polar surface area (TPSA) is 23.8 Å². The highest BCUT2D eigenvalue weighted by atomic mass is 19.1. The van der Waals surface area contributed by atoms with Gasteiger partial charge in [-0.2, -0.15) is 5.26 Å². The third-order valence-corrected chi connectivity index (χ3v) is 1.56. The van der Waals surface area contributed by atoms with Gasteiger partial charge in [-0.25, -0.2) is 4.39 Å². The smallest absolute Gasteiger partial charge is 0.123 e. The van der Waals surface area contributed by atoms with Crippen LogP contribution in [0.25, 0.3) is 0 Å². The van der Waals surface area contributed by atoms with Crippen molar-refractivity contribution in [3.63, 3.8) is 0 Å². The van der Waals surface area contributed by atoms with E-state index in [0.717, 1.165) is 5.56 Å². The van der Waals surface area contributed by atoms with Crippen molar-refractivity contribution in [1.29, 1.82) is 5.26 Å². The number of nitriles is 1. The molecule has 1 rings (SSSR count). The lowest BCUT2D eigenvalue weighted by atomic mass is 10.0. The predicted octanol–water partition coefficient (Wildman–Crippen LogP) is 2.45. The zero-order valence-corrected chi connectivity index (χ0v) is 6.21. The fourth-order valence-corrected chi connectivity index (χ4v) is 0.826. The first kappa shape index (κ1) is 7.74. The van der Waals surface area contributed by atoms with Crippen LogP contribution in [0.5, 0.6) is 0 Å². The number of hydrogen-bond acceptors (Lipinski definition) is 1. The highest BCUT2D eigenvalue weighted by Gasteiger charge is 2.01. The maximum atomic E-state index is 12.4. The molecule has 0 fully saturated rings. The molecule has 1 nitrogen and oxygen atoms in total. The van der Waals surface area contributed by atoms with Gasteiger partial charge in [-0.1, -0.05) is 12.1 Å². The largest absolute Gasteiger partial charge is 0.207 e. The summed E-state index contributed by atoms with van der Waals surface area (Å²) in [6.45, 7) is 1.78. The summed E-state index contributed by atoms with van der Waals surface area (Å²) in [7, 11) is 0. The molecule has 1 atom stereocenters. The summed E-state index contributed by atoms with van der Waals surface area (Å²) in [4.78, 5) is 0. The van der Waals surface area contributed by atoms with E-state index in [2.05, 4.69) is 6.07 Å². The highest BCUT2D eigenvalue weighted by molar-refractivity contribution is 5.23. The van der Waals surface area contributed by atoms with Crippen molar-refractivity contribution < 1.29 is 4.39 Å². The first-order valence-corrected chi connectivity index (χ1v) is 3.39. The molecular formula is C9H8FN. The maximum absolute atomic E-state index is 12.4. The second kappa shape index (κ2) is 3.16. The molecule has 0 unspecified atom stereocenters. The second-order valence-corrected chi connectivity index (χ2v) is 2.40. The van der Waals surface area contributed by atoms with Crippen LogP contribution in [-0.2, 0) is 0 Å². The monoisotopic (exact) mass is 149 g/mol. The second-order valence-electron chi connectivity index (χ2n) is 2.40. The molecular weight excluding hydrogens is 141 g/mol. The first-order valence-electron chi connectivity index (χ1n) is 3.39. The minimum Gasteiger partial charge on any atom is -0.207 e. The average molecular weight is 149 g/mol. The van der Waals surface area contributed by atoms with E-state index in [9.17, 15) is 4.39 Å². The van der Waals surface area contributed by atoms with Gasteiger partial charge in [0, 0.05) is 0 Å². The van der Waals surface area contributed by atoms with Gasteiger partial charge in [0.05, 0.1) is 12.0 Å². The molecule has 1 aromatic carbocycles. The number of rotatable bonds is 1. The molecule has 0 amide bonds. The van der Waals surface area contributed by atoms with Crippen LogP contribution in [0.1, 0.15) is 18.4 Å².